The predicted molar refractivity (Wildman–Crippen MR) is 96.7 cm³/mol. The van der Waals surface area contributed by atoms with E-state index < -0.39 is 0 Å². The summed E-state index contributed by atoms with van der Waals surface area (Å²) >= 11 is 0. The van der Waals surface area contributed by atoms with E-state index in [2.05, 4.69) is 10.2 Å². The van der Waals surface area contributed by atoms with E-state index in [-0.39, 0.29) is 24.4 Å². The van der Waals surface area contributed by atoms with Gasteiger partial charge in [0.1, 0.15) is 0 Å². The molecule has 0 atom stereocenters. The molecule has 2 amide bonds. The Morgan fingerprint density at radius 1 is 1.21 bits per heavy atom. The van der Waals surface area contributed by atoms with Gasteiger partial charge in [-0.1, -0.05) is 12.1 Å². The van der Waals surface area contributed by atoms with Gasteiger partial charge in [0, 0.05) is 44.8 Å². The number of nitrogens with zero attached hydrogens (tertiary/aromatic N) is 2. The molecule has 1 fully saturated rings. The van der Waals surface area contributed by atoms with Gasteiger partial charge in [0.2, 0.25) is 5.91 Å². The van der Waals surface area contributed by atoms with Crippen LogP contribution in [0.15, 0.2) is 24.3 Å². The number of amides is 2. The average molecular weight is 356 g/mol. The Balaban J connectivity index is 0.00000288. The lowest BCUT2D eigenvalue weighted by Gasteiger charge is -2.33. The first-order chi connectivity index (χ1) is 11.1. The summed E-state index contributed by atoms with van der Waals surface area (Å²) in [6.45, 7) is 7.76. The van der Waals surface area contributed by atoms with E-state index in [1.165, 1.54) is 0 Å². The van der Waals surface area contributed by atoms with Crippen molar-refractivity contribution in [2.24, 2.45) is 0 Å². The second kappa shape index (κ2) is 10.2. The van der Waals surface area contributed by atoms with Crippen LogP contribution in [-0.2, 0) is 9.53 Å². The second-order valence-corrected chi connectivity index (χ2v) is 5.70. The molecule has 2 rings (SSSR count). The van der Waals surface area contributed by atoms with Gasteiger partial charge in [0.05, 0.1) is 6.61 Å². The van der Waals surface area contributed by atoms with Gasteiger partial charge in [0.15, 0.2) is 0 Å². The number of rotatable bonds is 5. The second-order valence-electron chi connectivity index (χ2n) is 5.70. The van der Waals surface area contributed by atoms with Gasteiger partial charge in [0.25, 0.3) is 0 Å². The van der Waals surface area contributed by atoms with Crippen molar-refractivity contribution in [3.05, 3.63) is 29.8 Å². The van der Waals surface area contributed by atoms with Crippen molar-refractivity contribution in [1.29, 1.82) is 0 Å². The summed E-state index contributed by atoms with van der Waals surface area (Å²) in [6, 6.07) is 7.78. The number of hydrogen-bond donors (Lipinski definition) is 1. The number of carbonyl (C=O) groups excluding carboxylic acids is 2. The molecular weight excluding hydrogens is 330 g/mol. The predicted octanol–water partition coefficient (Wildman–Crippen LogP) is 2.52. The zero-order chi connectivity index (χ0) is 16.7. The zero-order valence-corrected chi connectivity index (χ0v) is 15.1. The lowest BCUT2D eigenvalue weighted by molar-refractivity contribution is -0.116. The molecule has 0 radical (unpaired) electrons. The highest BCUT2D eigenvalue weighted by atomic mass is 35.5. The minimum Gasteiger partial charge on any atom is -0.450 e. The smallest absolute Gasteiger partial charge is 0.409 e. The van der Waals surface area contributed by atoms with Gasteiger partial charge in [-0.25, -0.2) is 4.79 Å². The fourth-order valence-corrected chi connectivity index (χ4v) is 2.57. The molecule has 1 aliphatic heterocycles. The molecule has 0 spiro atoms. The van der Waals surface area contributed by atoms with E-state index in [0.717, 1.165) is 24.3 Å². The molecule has 0 saturated carbocycles. The van der Waals surface area contributed by atoms with Gasteiger partial charge < -0.3 is 15.0 Å². The summed E-state index contributed by atoms with van der Waals surface area (Å²) in [5.41, 5.74) is 1.96. The molecular formula is C17H26ClN3O3. The van der Waals surface area contributed by atoms with Gasteiger partial charge in [-0.3, -0.25) is 9.69 Å². The van der Waals surface area contributed by atoms with E-state index in [4.69, 9.17) is 4.74 Å². The number of carbonyl (C=O) groups is 2. The normalized spacial score (nSPS) is 14.7. The molecule has 1 N–H and O–H groups in total. The molecule has 24 heavy (non-hydrogen) atoms. The molecule has 1 heterocycles. The molecule has 0 bridgehead atoms. The third-order valence-corrected chi connectivity index (χ3v) is 3.86. The van der Waals surface area contributed by atoms with Crippen molar-refractivity contribution in [2.45, 2.75) is 20.3 Å². The molecule has 7 heteroatoms. The van der Waals surface area contributed by atoms with E-state index in [1.54, 1.807) is 11.8 Å². The first kappa shape index (κ1) is 20.3. The van der Waals surface area contributed by atoms with Crippen molar-refractivity contribution in [1.82, 2.24) is 9.80 Å². The van der Waals surface area contributed by atoms with Crippen LogP contribution in [0.25, 0.3) is 0 Å². The van der Waals surface area contributed by atoms with Crippen LogP contribution >= 0.6 is 12.4 Å². The number of ether oxygens (including phenoxy) is 1. The number of aryl methyl sites for hydroxylation is 1. The molecule has 134 valence electrons. The molecule has 6 nitrogen and oxygen atoms in total. The van der Waals surface area contributed by atoms with Crippen molar-refractivity contribution in [2.75, 3.05) is 44.6 Å². The Hall–Kier alpha value is -1.79. The monoisotopic (exact) mass is 355 g/mol. The van der Waals surface area contributed by atoms with Crippen LogP contribution in [0.3, 0.4) is 0 Å². The Morgan fingerprint density at radius 3 is 2.54 bits per heavy atom. The minimum absolute atomic E-state index is 0. The van der Waals surface area contributed by atoms with Crippen LogP contribution in [-0.4, -0.2) is 61.1 Å². The summed E-state index contributed by atoms with van der Waals surface area (Å²) < 4.78 is 5.00. The lowest BCUT2D eigenvalue weighted by Crippen LogP contribution is -2.49. The van der Waals surface area contributed by atoms with E-state index in [1.807, 2.05) is 31.2 Å². The van der Waals surface area contributed by atoms with Crippen LogP contribution in [0.5, 0.6) is 0 Å². The molecule has 1 saturated heterocycles. The third-order valence-electron chi connectivity index (χ3n) is 3.86. The summed E-state index contributed by atoms with van der Waals surface area (Å²) in [5.74, 6) is 0.0171. The molecule has 0 aliphatic carbocycles. The summed E-state index contributed by atoms with van der Waals surface area (Å²) in [7, 11) is 0. The van der Waals surface area contributed by atoms with Gasteiger partial charge >= 0.3 is 6.09 Å². The zero-order valence-electron chi connectivity index (χ0n) is 14.3. The first-order valence-corrected chi connectivity index (χ1v) is 8.09. The number of piperazine rings is 1. The Labute approximate surface area is 149 Å². The fraction of sp³-hybridized carbons (Fsp3) is 0.529. The average Bonchev–Trinajstić information content (AvgIpc) is 2.54. The van der Waals surface area contributed by atoms with Crippen molar-refractivity contribution < 1.29 is 14.3 Å². The summed E-state index contributed by atoms with van der Waals surface area (Å²) in [5, 5.41) is 2.92. The van der Waals surface area contributed by atoms with Crippen LogP contribution in [0.2, 0.25) is 0 Å². The van der Waals surface area contributed by atoms with Crippen LogP contribution in [0, 0.1) is 6.92 Å². The molecule has 0 unspecified atom stereocenters. The first-order valence-electron chi connectivity index (χ1n) is 8.09. The molecule has 0 aromatic heterocycles. The highest BCUT2D eigenvalue weighted by molar-refractivity contribution is 5.90. The number of hydrogen-bond acceptors (Lipinski definition) is 4. The van der Waals surface area contributed by atoms with Gasteiger partial charge in [-0.15, -0.1) is 12.4 Å². The Morgan fingerprint density at radius 2 is 1.92 bits per heavy atom. The molecule has 1 aliphatic rings. The fourth-order valence-electron chi connectivity index (χ4n) is 2.57. The maximum absolute atomic E-state index is 12.0. The Kier molecular flexibility index (Phi) is 8.57. The lowest BCUT2D eigenvalue weighted by atomic mass is 10.2. The maximum atomic E-state index is 12.0. The minimum atomic E-state index is -0.246. The van der Waals surface area contributed by atoms with Crippen LogP contribution in [0.4, 0.5) is 10.5 Å². The van der Waals surface area contributed by atoms with Crippen LogP contribution in [0.1, 0.15) is 18.9 Å². The van der Waals surface area contributed by atoms with Crippen molar-refractivity contribution in [3.63, 3.8) is 0 Å². The van der Waals surface area contributed by atoms with Crippen LogP contribution < -0.4 is 5.32 Å². The topological polar surface area (TPSA) is 61.9 Å². The Bertz CT molecular complexity index is 546. The van der Waals surface area contributed by atoms with E-state index in [9.17, 15) is 9.59 Å². The summed E-state index contributed by atoms with van der Waals surface area (Å²) in [4.78, 5) is 27.5. The number of nitrogens with one attached hydrogen (secondary N) is 1. The SMILES string of the molecule is CCOC(=O)N1CCN(CCC(=O)Nc2cccc(C)c2)CC1.Cl. The van der Waals surface area contributed by atoms with E-state index >= 15 is 0 Å². The van der Waals surface area contributed by atoms with Gasteiger partial charge in [-0.2, -0.15) is 0 Å². The number of anilines is 1. The standard InChI is InChI=1S/C17H25N3O3.ClH/c1-3-23-17(22)20-11-9-19(10-12-20)8-7-16(21)18-15-6-4-5-14(2)13-15;/h4-6,13H,3,7-12H2,1-2H3,(H,18,21);1H. The maximum Gasteiger partial charge on any atom is 0.409 e. The van der Waals surface area contributed by atoms with E-state index in [0.29, 0.717) is 32.7 Å². The highest BCUT2D eigenvalue weighted by Gasteiger charge is 2.21. The van der Waals surface area contributed by atoms with Crippen molar-refractivity contribution in [3.8, 4) is 0 Å². The molecule has 1 aromatic carbocycles. The van der Waals surface area contributed by atoms with Crippen molar-refractivity contribution >= 4 is 30.1 Å². The quantitative estimate of drug-likeness (QED) is 0.881. The summed E-state index contributed by atoms with van der Waals surface area (Å²) in [6.07, 6.45) is 0.206. The number of benzene rings is 1. The molecule has 1 aromatic rings. The number of halogens is 1. The van der Waals surface area contributed by atoms with Gasteiger partial charge in [-0.05, 0) is 31.5 Å². The highest BCUT2D eigenvalue weighted by Crippen LogP contribution is 2.10. The largest absolute Gasteiger partial charge is 0.450 e. The third kappa shape index (κ3) is 6.37.